The molecule has 0 bridgehead atoms. The first kappa shape index (κ1) is 15.2. The second-order valence-corrected chi connectivity index (χ2v) is 6.48. The van der Waals surface area contributed by atoms with Gasteiger partial charge in [0.2, 0.25) is 5.95 Å². The van der Waals surface area contributed by atoms with Gasteiger partial charge in [0, 0.05) is 42.5 Å². The van der Waals surface area contributed by atoms with Crippen LogP contribution >= 0.6 is 15.9 Å². The summed E-state index contributed by atoms with van der Waals surface area (Å²) in [5.74, 6) is 1.62. The Morgan fingerprint density at radius 2 is 1.91 bits per heavy atom. The number of nitrogens with zero attached hydrogens (tertiary/aromatic N) is 4. The second-order valence-electron chi connectivity index (χ2n) is 5.62. The quantitative estimate of drug-likeness (QED) is 0.909. The van der Waals surface area contributed by atoms with Crippen molar-refractivity contribution in [2.45, 2.75) is 6.92 Å². The highest BCUT2D eigenvalue weighted by molar-refractivity contribution is 9.10. The van der Waals surface area contributed by atoms with Crippen LogP contribution in [0.3, 0.4) is 0 Å². The summed E-state index contributed by atoms with van der Waals surface area (Å²) in [4.78, 5) is 13.6. The predicted molar refractivity (Wildman–Crippen MR) is 93.9 cm³/mol. The molecule has 2 heterocycles. The molecule has 6 heteroatoms. The maximum atomic E-state index is 4.64. The van der Waals surface area contributed by atoms with Crippen LogP contribution < -0.4 is 10.2 Å². The summed E-state index contributed by atoms with van der Waals surface area (Å²) < 4.78 is 1.11. The van der Waals surface area contributed by atoms with Crippen LogP contribution in [0, 0.1) is 6.92 Å². The minimum atomic E-state index is 0.798. The molecule has 0 unspecified atom stereocenters. The molecule has 22 heavy (non-hydrogen) atoms. The second kappa shape index (κ2) is 6.62. The van der Waals surface area contributed by atoms with Crippen molar-refractivity contribution in [1.82, 2.24) is 14.9 Å². The number of hydrogen-bond acceptors (Lipinski definition) is 5. The van der Waals surface area contributed by atoms with Crippen LogP contribution in [0.2, 0.25) is 0 Å². The van der Waals surface area contributed by atoms with E-state index in [2.05, 4.69) is 61.1 Å². The van der Waals surface area contributed by atoms with E-state index < -0.39 is 0 Å². The zero-order valence-electron chi connectivity index (χ0n) is 12.9. The largest absolute Gasteiger partial charge is 0.340 e. The number of aryl methyl sites for hydroxylation is 1. The third-order valence-corrected chi connectivity index (χ3v) is 4.75. The summed E-state index contributed by atoms with van der Waals surface area (Å²) in [7, 11) is 2.14. The Morgan fingerprint density at radius 1 is 1.14 bits per heavy atom. The van der Waals surface area contributed by atoms with E-state index in [0.29, 0.717) is 0 Å². The van der Waals surface area contributed by atoms with Crippen molar-refractivity contribution in [2.24, 2.45) is 0 Å². The zero-order valence-corrected chi connectivity index (χ0v) is 14.5. The number of aromatic nitrogens is 2. The molecule has 1 aromatic carbocycles. The lowest BCUT2D eigenvalue weighted by atomic mass is 10.2. The maximum absolute atomic E-state index is 4.64. The van der Waals surface area contributed by atoms with Crippen LogP contribution in [0.5, 0.6) is 0 Å². The molecule has 0 radical (unpaired) electrons. The van der Waals surface area contributed by atoms with Crippen LogP contribution in [0.15, 0.2) is 34.9 Å². The van der Waals surface area contributed by atoms with Gasteiger partial charge in [0.1, 0.15) is 5.82 Å². The summed E-state index contributed by atoms with van der Waals surface area (Å²) in [6.07, 6.45) is 1.81. The van der Waals surface area contributed by atoms with Crippen molar-refractivity contribution in [2.75, 3.05) is 43.4 Å². The fourth-order valence-electron chi connectivity index (χ4n) is 2.45. The standard InChI is InChI=1S/C16H20BrN5/c1-12-11-13(3-4-14(12)17)19-15-5-6-18-16(20-15)22-9-7-21(2)8-10-22/h3-6,11H,7-10H2,1-2H3,(H,18,19,20). The molecule has 3 rings (SSSR count). The highest BCUT2D eigenvalue weighted by Gasteiger charge is 2.16. The van der Waals surface area contributed by atoms with Gasteiger partial charge in [-0.2, -0.15) is 4.98 Å². The molecule has 1 N–H and O–H groups in total. The van der Waals surface area contributed by atoms with E-state index in [1.165, 1.54) is 5.56 Å². The highest BCUT2D eigenvalue weighted by Crippen LogP contribution is 2.23. The summed E-state index contributed by atoms with van der Waals surface area (Å²) in [5.41, 5.74) is 2.22. The van der Waals surface area contributed by atoms with Crippen LogP contribution in [-0.4, -0.2) is 48.1 Å². The SMILES string of the molecule is Cc1cc(Nc2ccnc(N3CCN(C)CC3)n2)ccc1Br. The first-order valence-corrected chi connectivity index (χ1v) is 8.21. The number of hydrogen-bond donors (Lipinski definition) is 1. The van der Waals surface area contributed by atoms with Crippen molar-refractivity contribution in [3.63, 3.8) is 0 Å². The maximum Gasteiger partial charge on any atom is 0.227 e. The smallest absolute Gasteiger partial charge is 0.227 e. The fraction of sp³-hybridized carbons (Fsp3) is 0.375. The summed E-state index contributed by atoms with van der Waals surface area (Å²) >= 11 is 3.52. The molecule has 1 aliphatic rings. The van der Waals surface area contributed by atoms with Crippen molar-refractivity contribution >= 4 is 33.4 Å². The van der Waals surface area contributed by atoms with Gasteiger partial charge in [0.05, 0.1) is 0 Å². The first-order valence-electron chi connectivity index (χ1n) is 7.41. The average Bonchev–Trinajstić information content (AvgIpc) is 2.52. The van der Waals surface area contributed by atoms with Crippen molar-refractivity contribution in [1.29, 1.82) is 0 Å². The van der Waals surface area contributed by atoms with Crippen molar-refractivity contribution in [3.8, 4) is 0 Å². The van der Waals surface area contributed by atoms with Gasteiger partial charge in [-0.05, 0) is 43.8 Å². The Morgan fingerprint density at radius 3 is 2.64 bits per heavy atom. The third-order valence-electron chi connectivity index (χ3n) is 3.86. The number of rotatable bonds is 3. The molecule has 0 spiro atoms. The number of benzene rings is 1. The Labute approximate surface area is 139 Å². The van der Waals surface area contributed by atoms with Crippen LogP contribution in [0.4, 0.5) is 17.5 Å². The Bertz CT molecular complexity index is 653. The number of anilines is 3. The van der Waals surface area contributed by atoms with Gasteiger partial charge in [0.25, 0.3) is 0 Å². The molecule has 0 amide bonds. The third kappa shape index (κ3) is 3.56. The van der Waals surface area contributed by atoms with E-state index in [1.54, 1.807) is 0 Å². The van der Waals surface area contributed by atoms with Crippen LogP contribution in [-0.2, 0) is 0 Å². The molecule has 1 saturated heterocycles. The number of halogens is 1. The molecule has 0 aliphatic carbocycles. The van der Waals surface area contributed by atoms with Gasteiger partial charge in [-0.1, -0.05) is 15.9 Å². The minimum absolute atomic E-state index is 0.798. The summed E-state index contributed by atoms with van der Waals surface area (Å²) in [5, 5.41) is 3.35. The molecular formula is C16H20BrN5. The summed E-state index contributed by atoms with van der Waals surface area (Å²) in [6.45, 7) is 6.11. The molecular weight excluding hydrogens is 342 g/mol. The van der Waals surface area contributed by atoms with Crippen LogP contribution in [0.1, 0.15) is 5.56 Å². The van der Waals surface area contributed by atoms with E-state index in [1.807, 2.05) is 24.4 Å². The lowest BCUT2D eigenvalue weighted by Gasteiger charge is -2.32. The molecule has 5 nitrogen and oxygen atoms in total. The summed E-state index contributed by atoms with van der Waals surface area (Å²) in [6, 6.07) is 8.08. The molecule has 1 aromatic heterocycles. The van der Waals surface area contributed by atoms with E-state index in [0.717, 1.165) is 48.1 Å². The molecule has 1 fully saturated rings. The lowest BCUT2D eigenvalue weighted by Crippen LogP contribution is -2.45. The lowest BCUT2D eigenvalue weighted by molar-refractivity contribution is 0.311. The number of likely N-dealkylation sites (N-methyl/N-ethyl adjacent to an activating group) is 1. The zero-order chi connectivity index (χ0) is 15.5. The van der Waals surface area contributed by atoms with Gasteiger partial charge in [-0.15, -0.1) is 0 Å². The van der Waals surface area contributed by atoms with Crippen LogP contribution in [0.25, 0.3) is 0 Å². The van der Waals surface area contributed by atoms with Gasteiger partial charge >= 0.3 is 0 Å². The number of nitrogens with one attached hydrogen (secondary N) is 1. The van der Waals surface area contributed by atoms with E-state index >= 15 is 0 Å². The Kier molecular flexibility index (Phi) is 4.59. The van der Waals surface area contributed by atoms with Gasteiger partial charge < -0.3 is 15.1 Å². The Hall–Kier alpha value is -1.66. The molecule has 1 aliphatic heterocycles. The fourth-order valence-corrected chi connectivity index (χ4v) is 2.69. The molecule has 0 atom stereocenters. The minimum Gasteiger partial charge on any atom is -0.340 e. The molecule has 2 aromatic rings. The average molecular weight is 362 g/mol. The predicted octanol–water partition coefficient (Wildman–Crippen LogP) is 3.04. The van der Waals surface area contributed by atoms with Gasteiger partial charge in [0.15, 0.2) is 0 Å². The normalized spacial score (nSPS) is 15.9. The Balaban J connectivity index is 1.74. The molecule has 0 saturated carbocycles. The monoisotopic (exact) mass is 361 g/mol. The highest BCUT2D eigenvalue weighted by atomic mass is 79.9. The number of piperazine rings is 1. The van der Waals surface area contributed by atoms with Gasteiger partial charge in [-0.3, -0.25) is 0 Å². The van der Waals surface area contributed by atoms with Gasteiger partial charge in [-0.25, -0.2) is 4.98 Å². The van der Waals surface area contributed by atoms with E-state index in [-0.39, 0.29) is 0 Å². The first-order chi connectivity index (χ1) is 10.6. The van der Waals surface area contributed by atoms with E-state index in [9.17, 15) is 0 Å². The van der Waals surface area contributed by atoms with Crippen molar-refractivity contribution < 1.29 is 0 Å². The van der Waals surface area contributed by atoms with E-state index in [4.69, 9.17) is 0 Å². The molecule has 116 valence electrons. The van der Waals surface area contributed by atoms with Crippen molar-refractivity contribution in [3.05, 3.63) is 40.5 Å². The topological polar surface area (TPSA) is 44.3 Å².